The van der Waals surface area contributed by atoms with Crippen LogP contribution >= 0.6 is 15.9 Å². The van der Waals surface area contributed by atoms with Crippen molar-refractivity contribution in [3.63, 3.8) is 0 Å². The summed E-state index contributed by atoms with van der Waals surface area (Å²) in [4.78, 5) is 0. The maximum Gasteiger partial charge on any atom is 0.146 e. The molecule has 0 amide bonds. The molecule has 0 unspecified atom stereocenters. The summed E-state index contributed by atoms with van der Waals surface area (Å²) in [7, 11) is 1.55. The van der Waals surface area contributed by atoms with Crippen molar-refractivity contribution in [2.24, 2.45) is 0 Å². The van der Waals surface area contributed by atoms with Crippen molar-refractivity contribution in [2.75, 3.05) is 18.2 Å². The van der Waals surface area contributed by atoms with Gasteiger partial charge in [0, 0.05) is 28.0 Å². The fourth-order valence-corrected chi connectivity index (χ4v) is 1.92. The van der Waals surface area contributed by atoms with Gasteiger partial charge in [0.15, 0.2) is 0 Å². The van der Waals surface area contributed by atoms with Gasteiger partial charge in [0.2, 0.25) is 0 Å². The number of halogens is 2. The minimum Gasteiger partial charge on any atom is -0.497 e. The lowest BCUT2D eigenvalue weighted by atomic mass is 10.2. The molecule has 0 radical (unpaired) electrons. The topological polar surface area (TPSA) is 47.3 Å². The van der Waals surface area contributed by atoms with Crippen molar-refractivity contribution in [3.8, 4) is 5.75 Å². The molecule has 0 saturated carbocycles. The van der Waals surface area contributed by atoms with E-state index in [0.717, 1.165) is 4.47 Å². The van der Waals surface area contributed by atoms with E-state index in [0.29, 0.717) is 22.8 Å². The number of nitrogens with two attached hydrogens (primary N) is 1. The predicted molar refractivity (Wildman–Crippen MR) is 74.8 cm³/mol. The molecule has 18 heavy (non-hydrogen) atoms. The molecule has 0 bridgehead atoms. The van der Waals surface area contributed by atoms with Crippen LogP contribution in [-0.2, 0) is 0 Å². The van der Waals surface area contributed by atoms with Gasteiger partial charge in [-0.05, 0) is 24.3 Å². The smallest absolute Gasteiger partial charge is 0.146 e. The number of ether oxygens (including phenoxy) is 1. The quantitative estimate of drug-likeness (QED) is 0.845. The highest BCUT2D eigenvalue weighted by molar-refractivity contribution is 9.10. The number of hydrogen-bond donors (Lipinski definition) is 2. The molecular weight excluding hydrogens is 299 g/mol. The Labute approximate surface area is 113 Å². The van der Waals surface area contributed by atoms with Crippen molar-refractivity contribution < 1.29 is 9.13 Å². The van der Waals surface area contributed by atoms with Crippen LogP contribution in [-0.4, -0.2) is 7.11 Å². The summed E-state index contributed by atoms with van der Waals surface area (Å²) in [5.41, 5.74) is 7.32. The van der Waals surface area contributed by atoms with Crippen LogP contribution in [0.1, 0.15) is 0 Å². The molecule has 2 aromatic carbocycles. The number of benzene rings is 2. The van der Waals surface area contributed by atoms with Crippen LogP contribution < -0.4 is 15.8 Å². The zero-order valence-electron chi connectivity index (χ0n) is 9.71. The molecule has 94 valence electrons. The van der Waals surface area contributed by atoms with E-state index in [2.05, 4.69) is 21.2 Å². The molecule has 0 fully saturated rings. The van der Waals surface area contributed by atoms with Crippen LogP contribution in [0.5, 0.6) is 5.75 Å². The van der Waals surface area contributed by atoms with Gasteiger partial charge >= 0.3 is 0 Å². The zero-order valence-corrected chi connectivity index (χ0v) is 11.3. The maximum absolute atomic E-state index is 13.6. The second-order valence-corrected chi connectivity index (χ2v) is 4.66. The highest BCUT2D eigenvalue weighted by Crippen LogP contribution is 2.28. The van der Waals surface area contributed by atoms with Crippen molar-refractivity contribution in [1.29, 1.82) is 0 Å². The monoisotopic (exact) mass is 310 g/mol. The van der Waals surface area contributed by atoms with Gasteiger partial charge in [-0.3, -0.25) is 0 Å². The first-order valence-electron chi connectivity index (χ1n) is 5.25. The predicted octanol–water partition coefficient (Wildman–Crippen LogP) is 3.92. The molecule has 2 rings (SSSR count). The third-order valence-electron chi connectivity index (χ3n) is 2.37. The molecule has 3 N–H and O–H groups in total. The molecule has 0 atom stereocenters. The summed E-state index contributed by atoms with van der Waals surface area (Å²) in [5.74, 6) is 0.285. The number of anilines is 3. The van der Waals surface area contributed by atoms with Gasteiger partial charge in [-0.15, -0.1) is 0 Å². The van der Waals surface area contributed by atoms with E-state index in [9.17, 15) is 4.39 Å². The molecule has 5 heteroatoms. The molecule has 2 aromatic rings. The summed E-state index contributed by atoms with van der Waals surface area (Å²) in [5, 5.41) is 2.96. The van der Waals surface area contributed by atoms with E-state index in [1.54, 1.807) is 37.4 Å². The minimum absolute atomic E-state index is 0.334. The Morgan fingerprint density at radius 1 is 1.22 bits per heavy atom. The first kappa shape index (κ1) is 12.7. The molecule has 3 nitrogen and oxygen atoms in total. The number of rotatable bonds is 3. The second-order valence-electron chi connectivity index (χ2n) is 3.74. The highest BCUT2D eigenvalue weighted by atomic mass is 79.9. The molecule has 0 heterocycles. The van der Waals surface area contributed by atoms with Gasteiger partial charge in [0.1, 0.15) is 11.6 Å². The van der Waals surface area contributed by atoms with Crippen LogP contribution in [0.25, 0.3) is 0 Å². The summed E-state index contributed by atoms with van der Waals surface area (Å²) in [6.07, 6.45) is 0. The van der Waals surface area contributed by atoms with Gasteiger partial charge in [-0.25, -0.2) is 4.39 Å². The molecule has 0 aliphatic rings. The van der Waals surface area contributed by atoms with E-state index in [4.69, 9.17) is 10.5 Å². The largest absolute Gasteiger partial charge is 0.497 e. The number of hydrogen-bond acceptors (Lipinski definition) is 3. The Hall–Kier alpha value is -1.75. The van der Waals surface area contributed by atoms with Crippen molar-refractivity contribution in [2.45, 2.75) is 0 Å². The van der Waals surface area contributed by atoms with Crippen LogP contribution in [0.3, 0.4) is 0 Å². The van der Waals surface area contributed by atoms with Crippen molar-refractivity contribution in [3.05, 3.63) is 46.7 Å². The maximum atomic E-state index is 13.6. The Morgan fingerprint density at radius 2 is 2.00 bits per heavy atom. The summed E-state index contributed by atoms with van der Waals surface area (Å²) in [6.45, 7) is 0. The van der Waals surface area contributed by atoms with Crippen LogP contribution in [0.4, 0.5) is 21.5 Å². The van der Waals surface area contributed by atoms with Gasteiger partial charge < -0.3 is 15.8 Å². The summed E-state index contributed by atoms with van der Waals surface area (Å²) < 4.78 is 19.5. The average molecular weight is 311 g/mol. The number of nitrogens with one attached hydrogen (secondary N) is 1. The minimum atomic E-state index is -0.334. The second kappa shape index (κ2) is 5.27. The van der Waals surface area contributed by atoms with Gasteiger partial charge in [0.25, 0.3) is 0 Å². The molecule has 0 aliphatic heterocycles. The number of methoxy groups -OCH3 is 1. The molecule has 0 saturated heterocycles. The first-order chi connectivity index (χ1) is 8.58. The molecule has 0 aromatic heterocycles. The van der Waals surface area contributed by atoms with E-state index < -0.39 is 0 Å². The fourth-order valence-electron chi connectivity index (χ4n) is 1.56. The van der Waals surface area contributed by atoms with E-state index in [-0.39, 0.29) is 5.82 Å². The average Bonchev–Trinajstić information content (AvgIpc) is 2.33. The van der Waals surface area contributed by atoms with Gasteiger partial charge in [0.05, 0.1) is 12.8 Å². The summed E-state index contributed by atoms with van der Waals surface area (Å²) in [6, 6.07) is 9.84. The molecule has 0 spiro atoms. The number of nitrogen functional groups attached to an aromatic ring is 1. The molecule has 0 aliphatic carbocycles. The van der Waals surface area contributed by atoms with Crippen LogP contribution in [0.15, 0.2) is 40.9 Å². The van der Waals surface area contributed by atoms with Gasteiger partial charge in [-0.1, -0.05) is 15.9 Å². The fraction of sp³-hybridized carbons (Fsp3) is 0.0769. The van der Waals surface area contributed by atoms with Crippen LogP contribution in [0.2, 0.25) is 0 Å². The standard InChI is InChI=1S/C13H12BrFN2O/c1-18-11-6-9(16)5-10(7-11)17-13-4-8(14)2-3-12(13)15/h2-7,17H,16H2,1H3. The van der Waals surface area contributed by atoms with E-state index in [1.807, 2.05) is 0 Å². The van der Waals surface area contributed by atoms with Crippen molar-refractivity contribution in [1.82, 2.24) is 0 Å². The lowest BCUT2D eigenvalue weighted by Crippen LogP contribution is -1.96. The van der Waals surface area contributed by atoms with Gasteiger partial charge in [-0.2, -0.15) is 0 Å². The highest BCUT2D eigenvalue weighted by Gasteiger charge is 2.05. The van der Waals surface area contributed by atoms with E-state index in [1.165, 1.54) is 6.07 Å². The lowest BCUT2D eigenvalue weighted by Gasteiger charge is -2.10. The third kappa shape index (κ3) is 2.92. The van der Waals surface area contributed by atoms with Crippen molar-refractivity contribution >= 4 is 33.0 Å². The summed E-state index contributed by atoms with van der Waals surface area (Å²) >= 11 is 3.30. The Balaban J connectivity index is 2.33. The third-order valence-corrected chi connectivity index (χ3v) is 2.87. The van der Waals surface area contributed by atoms with E-state index >= 15 is 0 Å². The lowest BCUT2D eigenvalue weighted by molar-refractivity contribution is 0.415. The molecular formula is C13H12BrFN2O. The Bertz CT molecular complexity index is 575. The van der Waals surface area contributed by atoms with Crippen LogP contribution in [0, 0.1) is 5.82 Å². The Kier molecular flexibility index (Phi) is 3.72. The Morgan fingerprint density at radius 3 is 2.72 bits per heavy atom. The SMILES string of the molecule is COc1cc(N)cc(Nc2cc(Br)ccc2F)c1. The normalized spacial score (nSPS) is 10.2. The zero-order chi connectivity index (χ0) is 13.1. The first-order valence-corrected chi connectivity index (χ1v) is 6.04.